The third-order valence-electron chi connectivity index (χ3n) is 3.33. The van der Waals surface area contributed by atoms with Gasteiger partial charge in [-0.05, 0) is 6.42 Å². The number of carbonyl (C=O) groups excluding carboxylic acids is 1. The summed E-state index contributed by atoms with van der Waals surface area (Å²) in [4.78, 5) is 11.7. The zero-order valence-electron chi connectivity index (χ0n) is 9.85. The molecule has 1 amide bonds. The summed E-state index contributed by atoms with van der Waals surface area (Å²) >= 11 is 0. The lowest BCUT2D eigenvalue weighted by Crippen LogP contribution is -2.65. The fourth-order valence-corrected chi connectivity index (χ4v) is 1.58. The number of nitrogens with two attached hydrogens (primary N) is 1. The molecule has 2 atom stereocenters. The van der Waals surface area contributed by atoms with Gasteiger partial charge in [0.2, 0.25) is 5.91 Å². The fourth-order valence-electron chi connectivity index (χ4n) is 1.58. The lowest BCUT2D eigenvalue weighted by Gasteiger charge is -2.51. The van der Waals surface area contributed by atoms with Crippen molar-refractivity contribution in [3.8, 4) is 0 Å². The number of hydrogen-bond donors (Lipinski definition) is 2. The van der Waals surface area contributed by atoms with Gasteiger partial charge in [-0.25, -0.2) is 0 Å². The highest BCUT2D eigenvalue weighted by atomic mass is 16.2. The molecule has 0 saturated heterocycles. The van der Waals surface area contributed by atoms with Crippen LogP contribution in [-0.4, -0.2) is 18.0 Å². The summed E-state index contributed by atoms with van der Waals surface area (Å²) in [6, 6.07) is 0.456. The lowest BCUT2D eigenvalue weighted by atomic mass is 9.63. The van der Waals surface area contributed by atoms with Crippen LogP contribution in [0.5, 0.6) is 0 Å². The first-order valence-electron chi connectivity index (χ1n) is 5.22. The van der Waals surface area contributed by atoms with E-state index in [9.17, 15) is 4.79 Å². The lowest BCUT2D eigenvalue weighted by molar-refractivity contribution is -0.131. The molecule has 1 rings (SSSR count). The number of hydrogen-bond acceptors (Lipinski definition) is 2. The molecule has 0 radical (unpaired) electrons. The normalized spacial score (nSPS) is 30.7. The minimum Gasteiger partial charge on any atom is -0.352 e. The van der Waals surface area contributed by atoms with Gasteiger partial charge in [-0.1, -0.05) is 34.6 Å². The van der Waals surface area contributed by atoms with Gasteiger partial charge < -0.3 is 11.1 Å². The molecule has 0 aromatic rings. The van der Waals surface area contributed by atoms with Gasteiger partial charge >= 0.3 is 0 Å². The Hall–Kier alpha value is -0.570. The minimum absolute atomic E-state index is 0.0426. The second kappa shape index (κ2) is 3.23. The van der Waals surface area contributed by atoms with E-state index >= 15 is 0 Å². The van der Waals surface area contributed by atoms with E-state index in [0.29, 0.717) is 0 Å². The second-order valence-electron chi connectivity index (χ2n) is 5.94. The Morgan fingerprint density at radius 1 is 1.43 bits per heavy atom. The van der Waals surface area contributed by atoms with Crippen molar-refractivity contribution in [3.05, 3.63) is 0 Å². The van der Waals surface area contributed by atoms with Gasteiger partial charge in [0, 0.05) is 22.9 Å². The van der Waals surface area contributed by atoms with Crippen LogP contribution in [0.1, 0.15) is 41.0 Å². The molecule has 14 heavy (non-hydrogen) atoms. The van der Waals surface area contributed by atoms with E-state index < -0.39 is 0 Å². The molecule has 0 bridgehead atoms. The molecule has 0 aromatic carbocycles. The minimum atomic E-state index is -0.310. The predicted octanol–water partition coefficient (Wildman–Crippen LogP) is 1.27. The van der Waals surface area contributed by atoms with Crippen molar-refractivity contribution in [1.82, 2.24) is 5.32 Å². The molecule has 1 fully saturated rings. The molecule has 3 heteroatoms. The molecule has 0 aromatic heterocycles. The first kappa shape index (κ1) is 11.5. The summed E-state index contributed by atoms with van der Waals surface area (Å²) in [5.41, 5.74) is 5.61. The van der Waals surface area contributed by atoms with Crippen molar-refractivity contribution in [1.29, 1.82) is 0 Å². The summed E-state index contributed by atoms with van der Waals surface area (Å²) in [7, 11) is 0. The maximum absolute atomic E-state index is 11.7. The largest absolute Gasteiger partial charge is 0.352 e. The van der Waals surface area contributed by atoms with Crippen LogP contribution < -0.4 is 11.1 Å². The summed E-state index contributed by atoms with van der Waals surface area (Å²) in [5.74, 6) is 0.113. The van der Waals surface area contributed by atoms with E-state index in [0.717, 1.165) is 6.42 Å². The highest BCUT2D eigenvalue weighted by Gasteiger charge is 2.47. The molecule has 82 valence electrons. The number of nitrogens with one attached hydrogen (secondary N) is 1. The Morgan fingerprint density at radius 2 is 1.93 bits per heavy atom. The van der Waals surface area contributed by atoms with E-state index in [4.69, 9.17) is 5.73 Å². The van der Waals surface area contributed by atoms with Gasteiger partial charge in [0.25, 0.3) is 0 Å². The van der Waals surface area contributed by atoms with Crippen molar-refractivity contribution in [2.45, 2.75) is 53.1 Å². The van der Waals surface area contributed by atoms with Gasteiger partial charge in [-0.3, -0.25) is 4.79 Å². The van der Waals surface area contributed by atoms with Crippen LogP contribution in [0.25, 0.3) is 0 Å². The third kappa shape index (κ3) is 1.92. The monoisotopic (exact) mass is 198 g/mol. The highest BCUT2D eigenvalue weighted by molar-refractivity contribution is 5.81. The molecule has 3 N–H and O–H groups in total. The van der Waals surface area contributed by atoms with Crippen LogP contribution in [-0.2, 0) is 4.79 Å². The van der Waals surface area contributed by atoms with E-state index in [1.54, 1.807) is 0 Å². The van der Waals surface area contributed by atoms with Crippen molar-refractivity contribution in [2.24, 2.45) is 16.6 Å². The standard InChI is InChI=1S/C11H22N2O/c1-10(2,3)9(14)13-8-6-7(12)11(8,4)5/h7-8H,6,12H2,1-5H3,(H,13,14). The zero-order chi connectivity index (χ0) is 11.1. The number of amides is 1. The average Bonchev–Trinajstić information content (AvgIpc) is 2.02. The predicted molar refractivity (Wildman–Crippen MR) is 57.8 cm³/mol. The van der Waals surface area contributed by atoms with Gasteiger partial charge in [0.1, 0.15) is 0 Å². The molecule has 0 spiro atoms. The summed E-state index contributed by atoms with van der Waals surface area (Å²) in [6.45, 7) is 9.99. The quantitative estimate of drug-likeness (QED) is 0.666. The van der Waals surface area contributed by atoms with Crippen molar-refractivity contribution in [2.75, 3.05) is 0 Å². The summed E-state index contributed by atoms with van der Waals surface area (Å²) in [5, 5.41) is 3.06. The molecule has 0 aliphatic heterocycles. The Morgan fingerprint density at radius 3 is 2.21 bits per heavy atom. The first-order chi connectivity index (χ1) is 6.15. The van der Waals surface area contributed by atoms with Crippen LogP contribution in [0, 0.1) is 10.8 Å². The van der Waals surface area contributed by atoms with Gasteiger partial charge in [0.15, 0.2) is 0 Å². The van der Waals surface area contributed by atoms with Crippen LogP contribution in [0.3, 0.4) is 0 Å². The van der Waals surface area contributed by atoms with Crippen molar-refractivity contribution >= 4 is 5.91 Å². The van der Waals surface area contributed by atoms with E-state index in [1.165, 1.54) is 0 Å². The Bertz CT molecular complexity index is 240. The van der Waals surface area contributed by atoms with Crippen LogP contribution in [0.4, 0.5) is 0 Å². The molecular formula is C11H22N2O. The van der Waals surface area contributed by atoms with Gasteiger partial charge in [-0.2, -0.15) is 0 Å². The smallest absolute Gasteiger partial charge is 0.225 e. The molecule has 0 heterocycles. The van der Waals surface area contributed by atoms with Crippen molar-refractivity contribution in [3.63, 3.8) is 0 Å². The number of carbonyl (C=O) groups is 1. The van der Waals surface area contributed by atoms with Crippen LogP contribution in [0.15, 0.2) is 0 Å². The molecule has 2 unspecified atom stereocenters. The summed E-state index contributed by atoms with van der Waals surface area (Å²) < 4.78 is 0. The summed E-state index contributed by atoms with van der Waals surface area (Å²) in [6.07, 6.45) is 0.898. The van der Waals surface area contributed by atoms with E-state index in [-0.39, 0.29) is 28.8 Å². The number of rotatable bonds is 1. The van der Waals surface area contributed by atoms with Gasteiger partial charge in [0.05, 0.1) is 0 Å². The SMILES string of the molecule is CC(C)(C)C(=O)NC1CC(N)C1(C)C. The first-order valence-corrected chi connectivity index (χ1v) is 5.22. The highest BCUT2D eigenvalue weighted by Crippen LogP contribution is 2.39. The molecule has 3 nitrogen and oxygen atoms in total. The second-order valence-corrected chi connectivity index (χ2v) is 5.94. The van der Waals surface area contributed by atoms with Crippen LogP contribution >= 0.6 is 0 Å². The average molecular weight is 198 g/mol. The Kier molecular flexibility index (Phi) is 2.65. The maximum atomic E-state index is 11.7. The Labute approximate surface area is 86.4 Å². The third-order valence-corrected chi connectivity index (χ3v) is 3.33. The molecule has 1 saturated carbocycles. The van der Waals surface area contributed by atoms with Crippen molar-refractivity contribution < 1.29 is 4.79 Å². The zero-order valence-corrected chi connectivity index (χ0v) is 9.85. The van der Waals surface area contributed by atoms with E-state index in [2.05, 4.69) is 19.2 Å². The molecular weight excluding hydrogens is 176 g/mol. The maximum Gasteiger partial charge on any atom is 0.225 e. The molecule has 1 aliphatic carbocycles. The van der Waals surface area contributed by atoms with Crippen LogP contribution in [0.2, 0.25) is 0 Å². The Balaban J connectivity index is 2.53. The topological polar surface area (TPSA) is 55.1 Å². The van der Waals surface area contributed by atoms with Gasteiger partial charge in [-0.15, -0.1) is 0 Å². The fraction of sp³-hybridized carbons (Fsp3) is 0.909. The van der Waals surface area contributed by atoms with E-state index in [1.807, 2.05) is 20.8 Å². The molecule has 1 aliphatic rings.